The zero-order valence-electron chi connectivity index (χ0n) is 13.9. The van der Waals surface area contributed by atoms with E-state index in [9.17, 15) is 4.79 Å². The molecule has 4 rings (SSSR count). The molecule has 2 heterocycles. The highest BCUT2D eigenvalue weighted by atomic mass is 16.2. The molecule has 0 saturated carbocycles. The van der Waals surface area contributed by atoms with Crippen LogP contribution in [-0.2, 0) is 0 Å². The van der Waals surface area contributed by atoms with Crippen LogP contribution in [0, 0.1) is 0 Å². The molecule has 2 aliphatic rings. The predicted octanol–water partition coefficient (Wildman–Crippen LogP) is 2.71. The molecule has 2 aliphatic heterocycles. The Labute approximate surface area is 147 Å². The highest BCUT2D eigenvalue weighted by Crippen LogP contribution is 2.28. The molecular formula is C20H20N4O. The highest BCUT2D eigenvalue weighted by Gasteiger charge is 2.22. The van der Waals surface area contributed by atoms with Gasteiger partial charge in [-0.2, -0.15) is 0 Å². The number of nitrogens with two attached hydrogens (primary N) is 1. The molecule has 0 aromatic heterocycles. The van der Waals surface area contributed by atoms with Gasteiger partial charge in [0.1, 0.15) is 5.84 Å². The molecule has 0 radical (unpaired) electrons. The van der Waals surface area contributed by atoms with Crippen molar-refractivity contribution >= 4 is 23.1 Å². The molecule has 1 amide bonds. The van der Waals surface area contributed by atoms with Gasteiger partial charge in [0.2, 0.25) is 0 Å². The molecule has 2 aromatic rings. The van der Waals surface area contributed by atoms with Crippen LogP contribution in [0.25, 0.3) is 5.70 Å². The number of para-hydroxylation sites is 1. The average Bonchev–Trinajstić information content (AvgIpc) is 2.61. The van der Waals surface area contributed by atoms with Gasteiger partial charge >= 0.3 is 0 Å². The number of nitrogens with zero attached hydrogens (tertiary/aromatic N) is 3. The van der Waals surface area contributed by atoms with Gasteiger partial charge in [0.25, 0.3) is 5.91 Å². The van der Waals surface area contributed by atoms with Crippen LogP contribution in [-0.4, -0.2) is 36.3 Å². The Kier molecular flexibility index (Phi) is 3.98. The van der Waals surface area contributed by atoms with Gasteiger partial charge in [-0.1, -0.05) is 30.3 Å². The van der Waals surface area contributed by atoms with Crippen molar-refractivity contribution in [1.29, 1.82) is 0 Å². The van der Waals surface area contributed by atoms with Crippen LogP contribution in [0.2, 0.25) is 0 Å². The van der Waals surface area contributed by atoms with Crippen LogP contribution in [0.5, 0.6) is 0 Å². The van der Waals surface area contributed by atoms with Crippen LogP contribution in [0.1, 0.15) is 22.3 Å². The summed E-state index contributed by atoms with van der Waals surface area (Å²) < 4.78 is 0. The molecule has 0 spiro atoms. The fraction of sp³-hybridized carbons (Fsp3) is 0.200. The van der Waals surface area contributed by atoms with Crippen molar-refractivity contribution in [3.63, 3.8) is 0 Å². The summed E-state index contributed by atoms with van der Waals surface area (Å²) in [6, 6.07) is 17.8. The Bertz CT molecular complexity index is 836. The van der Waals surface area contributed by atoms with Crippen LogP contribution in [0.15, 0.2) is 65.8 Å². The van der Waals surface area contributed by atoms with E-state index in [1.54, 1.807) is 6.20 Å². The first kappa shape index (κ1) is 15.4. The summed E-state index contributed by atoms with van der Waals surface area (Å²) in [5.41, 5.74) is 9.72. The molecular weight excluding hydrogens is 312 g/mol. The van der Waals surface area contributed by atoms with E-state index in [1.165, 1.54) is 0 Å². The van der Waals surface area contributed by atoms with E-state index >= 15 is 0 Å². The number of amidine groups is 1. The van der Waals surface area contributed by atoms with Gasteiger partial charge < -0.3 is 15.5 Å². The minimum absolute atomic E-state index is 0.109. The highest BCUT2D eigenvalue weighted by molar-refractivity contribution is 5.97. The van der Waals surface area contributed by atoms with Gasteiger partial charge in [0.15, 0.2) is 0 Å². The van der Waals surface area contributed by atoms with E-state index in [0.29, 0.717) is 12.4 Å². The van der Waals surface area contributed by atoms with E-state index < -0.39 is 0 Å². The third kappa shape index (κ3) is 3.01. The summed E-state index contributed by atoms with van der Waals surface area (Å²) in [5, 5.41) is 0. The Morgan fingerprint density at radius 1 is 1.00 bits per heavy atom. The van der Waals surface area contributed by atoms with Crippen LogP contribution < -0.4 is 10.6 Å². The lowest BCUT2D eigenvalue weighted by Crippen LogP contribution is -2.42. The third-order valence-electron chi connectivity index (χ3n) is 4.60. The second-order valence-corrected chi connectivity index (χ2v) is 6.28. The summed E-state index contributed by atoms with van der Waals surface area (Å²) in [6.45, 7) is 2.27. The van der Waals surface area contributed by atoms with Crippen LogP contribution >= 0.6 is 0 Å². The zero-order valence-corrected chi connectivity index (χ0v) is 13.9. The molecule has 5 heteroatoms. The number of rotatable bonds is 3. The van der Waals surface area contributed by atoms with E-state index in [2.05, 4.69) is 9.89 Å². The minimum Gasteiger partial charge on any atom is -0.386 e. The molecule has 0 bridgehead atoms. The molecule has 5 nitrogen and oxygen atoms in total. The van der Waals surface area contributed by atoms with E-state index in [4.69, 9.17) is 5.73 Å². The van der Waals surface area contributed by atoms with Crippen molar-refractivity contribution in [1.82, 2.24) is 4.90 Å². The minimum atomic E-state index is 0.109. The number of aliphatic imine (C=N–C) groups is 1. The summed E-state index contributed by atoms with van der Waals surface area (Å²) >= 11 is 0. The predicted molar refractivity (Wildman–Crippen MR) is 100 cm³/mol. The molecule has 126 valence electrons. The van der Waals surface area contributed by atoms with Gasteiger partial charge in [-0.25, -0.2) is 4.99 Å². The van der Waals surface area contributed by atoms with Gasteiger partial charge in [0.05, 0.1) is 18.4 Å². The lowest BCUT2D eigenvalue weighted by atomic mass is 10.0. The number of anilines is 1. The molecule has 25 heavy (non-hydrogen) atoms. The first-order chi connectivity index (χ1) is 12.2. The Hall–Kier alpha value is -3.08. The van der Waals surface area contributed by atoms with Crippen molar-refractivity contribution in [2.24, 2.45) is 10.7 Å². The number of carbonyl (C=O) groups excluding carboxylic acids is 1. The van der Waals surface area contributed by atoms with Crippen LogP contribution in [0.3, 0.4) is 0 Å². The maximum Gasteiger partial charge on any atom is 0.253 e. The average molecular weight is 332 g/mol. The smallest absolute Gasteiger partial charge is 0.253 e. The van der Waals surface area contributed by atoms with Gasteiger partial charge in [-0.15, -0.1) is 0 Å². The first-order valence-corrected chi connectivity index (χ1v) is 8.47. The number of carbonyl (C=O) groups is 1. The van der Waals surface area contributed by atoms with E-state index in [1.807, 2.05) is 59.5 Å². The van der Waals surface area contributed by atoms with Gasteiger partial charge in [-0.05, 0) is 36.2 Å². The molecule has 2 aromatic carbocycles. The van der Waals surface area contributed by atoms with E-state index in [-0.39, 0.29) is 5.91 Å². The fourth-order valence-corrected chi connectivity index (χ4v) is 3.06. The Balaban J connectivity index is 1.63. The number of hydrogen-bond acceptors (Lipinski definition) is 4. The number of hydrogen-bond donors (Lipinski definition) is 1. The third-order valence-corrected chi connectivity index (χ3v) is 4.60. The quantitative estimate of drug-likeness (QED) is 0.940. The van der Waals surface area contributed by atoms with E-state index in [0.717, 1.165) is 42.0 Å². The number of amides is 1. The van der Waals surface area contributed by atoms with Gasteiger partial charge in [0, 0.05) is 24.3 Å². The Morgan fingerprint density at radius 3 is 2.36 bits per heavy atom. The van der Waals surface area contributed by atoms with Crippen molar-refractivity contribution in [2.45, 2.75) is 6.42 Å². The number of benzene rings is 2. The summed E-state index contributed by atoms with van der Waals surface area (Å²) in [6.07, 6.45) is 2.89. The molecule has 2 N–H and O–H groups in total. The molecule has 0 aliphatic carbocycles. The summed E-state index contributed by atoms with van der Waals surface area (Å²) in [4.78, 5) is 20.6. The SMILES string of the molecule is NC1=NC=C(c2ccc(C(=O)N3CCC3)cc2)N(c2ccccc2)C1. The van der Waals surface area contributed by atoms with Crippen molar-refractivity contribution in [3.8, 4) is 0 Å². The molecule has 1 fully saturated rings. The second kappa shape index (κ2) is 6.43. The number of likely N-dealkylation sites (tertiary alicyclic amines) is 1. The maximum absolute atomic E-state index is 12.3. The maximum atomic E-state index is 12.3. The van der Waals surface area contributed by atoms with Crippen LogP contribution in [0.4, 0.5) is 5.69 Å². The monoisotopic (exact) mass is 332 g/mol. The lowest BCUT2D eigenvalue weighted by molar-refractivity contribution is 0.0652. The standard InChI is InChI=1S/C20H20N4O/c21-19-14-24(17-5-2-1-3-6-17)18(13-22-19)15-7-9-16(10-8-15)20(25)23-11-4-12-23/h1-3,5-10,13H,4,11-12,14H2,(H2,21,22). The lowest BCUT2D eigenvalue weighted by Gasteiger charge is -2.31. The summed E-state index contributed by atoms with van der Waals surface area (Å²) in [5.74, 6) is 0.690. The largest absolute Gasteiger partial charge is 0.386 e. The first-order valence-electron chi connectivity index (χ1n) is 8.47. The van der Waals surface area contributed by atoms with Crippen molar-refractivity contribution in [3.05, 3.63) is 71.9 Å². The Morgan fingerprint density at radius 2 is 1.72 bits per heavy atom. The van der Waals surface area contributed by atoms with Gasteiger partial charge in [-0.3, -0.25) is 4.79 Å². The molecule has 1 saturated heterocycles. The van der Waals surface area contributed by atoms with Crippen molar-refractivity contribution in [2.75, 3.05) is 24.5 Å². The molecule has 0 unspecified atom stereocenters. The second-order valence-electron chi connectivity index (χ2n) is 6.28. The summed E-state index contributed by atoms with van der Waals surface area (Å²) in [7, 11) is 0. The van der Waals surface area contributed by atoms with Crippen molar-refractivity contribution < 1.29 is 4.79 Å². The molecule has 0 atom stereocenters. The fourth-order valence-electron chi connectivity index (χ4n) is 3.06. The topological polar surface area (TPSA) is 61.9 Å². The normalized spacial score (nSPS) is 16.8. The zero-order chi connectivity index (χ0) is 17.2.